The highest BCUT2D eigenvalue weighted by atomic mass is 32.1. The van der Waals surface area contributed by atoms with Crippen molar-refractivity contribution in [1.82, 2.24) is 4.98 Å². The van der Waals surface area contributed by atoms with Gasteiger partial charge in [0, 0.05) is 24.7 Å². The molecule has 3 aromatic rings. The highest BCUT2D eigenvalue weighted by Crippen LogP contribution is 2.41. The molecule has 1 amide bonds. The van der Waals surface area contributed by atoms with E-state index in [1.54, 1.807) is 23.5 Å². The van der Waals surface area contributed by atoms with Gasteiger partial charge in [0.15, 0.2) is 11.5 Å². The maximum absolute atomic E-state index is 11.3. The van der Waals surface area contributed by atoms with Gasteiger partial charge >= 0.3 is 0 Å². The van der Waals surface area contributed by atoms with E-state index < -0.39 is 0 Å². The van der Waals surface area contributed by atoms with Crippen LogP contribution < -0.4 is 19.5 Å². The second kappa shape index (κ2) is 7.40. The lowest BCUT2D eigenvalue weighted by Crippen LogP contribution is -2.07. The molecule has 0 saturated heterocycles. The van der Waals surface area contributed by atoms with Crippen LogP contribution in [0.25, 0.3) is 10.2 Å². The quantitative estimate of drug-likeness (QED) is 0.725. The Labute approximate surface area is 149 Å². The van der Waals surface area contributed by atoms with Crippen molar-refractivity contribution in [1.29, 1.82) is 0 Å². The van der Waals surface area contributed by atoms with Crippen molar-refractivity contribution in [3.05, 3.63) is 41.4 Å². The summed E-state index contributed by atoms with van der Waals surface area (Å²) < 4.78 is 17.8. The van der Waals surface area contributed by atoms with Crippen molar-refractivity contribution in [3.63, 3.8) is 0 Å². The van der Waals surface area contributed by atoms with Gasteiger partial charge in [-0.25, -0.2) is 4.98 Å². The highest BCUT2D eigenvalue weighted by molar-refractivity contribution is 7.18. The topological polar surface area (TPSA) is 69.7 Å². The van der Waals surface area contributed by atoms with E-state index in [2.05, 4.69) is 10.3 Å². The van der Waals surface area contributed by atoms with Gasteiger partial charge in [-0.15, -0.1) is 11.3 Å². The molecule has 0 spiro atoms. The number of aromatic nitrogens is 1. The third kappa shape index (κ3) is 3.83. The maximum atomic E-state index is 11.3. The number of fused-ring (bicyclic) bond motifs is 1. The van der Waals surface area contributed by atoms with Crippen LogP contribution >= 0.6 is 11.3 Å². The first-order chi connectivity index (χ1) is 12.1. The Bertz CT molecular complexity index is 849. The molecule has 25 heavy (non-hydrogen) atoms. The van der Waals surface area contributed by atoms with E-state index in [0.717, 1.165) is 15.2 Å². The Kier molecular flexibility index (Phi) is 5.04. The number of nitrogens with one attached hydrogen (secondary N) is 1. The molecule has 1 aromatic heterocycles. The molecule has 0 radical (unpaired) electrons. The Morgan fingerprint density at radius 1 is 1.16 bits per heavy atom. The minimum absolute atomic E-state index is 0.174. The Morgan fingerprint density at radius 3 is 2.44 bits per heavy atom. The number of benzene rings is 2. The number of rotatable bonds is 6. The molecule has 1 N–H and O–H groups in total. The number of methoxy groups -OCH3 is 2. The molecule has 0 aliphatic heterocycles. The van der Waals surface area contributed by atoms with Gasteiger partial charge in [0.05, 0.1) is 24.4 Å². The Morgan fingerprint density at radius 2 is 1.84 bits per heavy atom. The number of para-hydroxylation sites is 1. The molecule has 0 aliphatic rings. The second-order valence-electron chi connectivity index (χ2n) is 5.26. The molecular weight excluding hydrogens is 340 g/mol. The summed E-state index contributed by atoms with van der Waals surface area (Å²) in [6.45, 7) is 1.74. The van der Waals surface area contributed by atoms with E-state index in [0.29, 0.717) is 29.5 Å². The fourth-order valence-corrected chi connectivity index (χ4v) is 3.29. The molecule has 130 valence electrons. The first-order valence-electron chi connectivity index (χ1n) is 7.61. The zero-order chi connectivity index (χ0) is 17.8. The average Bonchev–Trinajstić information content (AvgIpc) is 3.02. The minimum Gasteiger partial charge on any atom is -0.493 e. The van der Waals surface area contributed by atoms with Gasteiger partial charge in [0.25, 0.3) is 0 Å². The number of anilines is 1. The third-order valence-corrected chi connectivity index (χ3v) is 4.47. The fourth-order valence-electron chi connectivity index (χ4n) is 2.41. The molecule has 3 rings (SSSR count). The number of amides is 1. The van der Waals surface area contributed by atoms with E-state index in [1.165, 1.54) is 21.1 Å². The van der Waals surface area contributed by atoms with Gasteiger partial charge in [-0.3, -0.25) is 4.79 Å². The van der Waals surface area contributed by atoms with Gasteiger partial charge < -0.3 is 19.5 Å². The van der Waals surface area contributed by atoms with Crippen LogP contribution in [-0.4, -0.2) is 25.1 Å². The average molecular weight is 358 g/mol. The molecule has 1 heterocycles. The largest absolute Gasteiger partial charge is 0.493 e. The number of thiazole rings is 1. The van der Waals surface area contributed by atoms with Crippen LogP contribution in [0.3, 0.4) is 0 Å². The normalized spacial score (nSPS) is 10.5. The standard InChI is InChI=1S/C18H18N2O4S/c1-11(21)19-12-8-14(22-2)18(15(9-12)23-3)24-10-17-20-13-6-4-5-7-16(13)25-17/h4-9H,10H2,1-3H3,(H,19,21). The highest BCUT2D eigenvalue weighted by Gasteiger charge is 2.16. The molecule has 0 fully saturated rings. The lowest BCUT2D eigenvalue weighted by atomic mass is 10.2. The number of carbonyl (C=O) groups is 1. The molecule has 0 unspecified atom stereocenters. The number of ether oxygens (including phenoxy) is 3. The van der Waals surface area contributed by atoms with E-state index >= 15 is 0 Å². The first-order valence-corrected chi connectivity index (χ1v) is 8.43. The van der Waals surface area contributed by atoms with Crippen LogP contribution in [-0.2, 0) is 11.4 Å². The summed E-state index contributed by atoms with van der Waals surface area (Å²) in [4.78, 5) is 15.8. The summed E-state index contributed by atoms with van der Waals surface area (Å²) in [5, 5.41) is 3.57. The summed E-state index contributed by atoms with van der Waals surface area (Å²) in [6.07, 6.45) is 0. The van der Waals surface area contributed by atoms with Crippen LogP contribution in [0.4, 0.5) is 5.69 Å². The van der Waals surface area contributed by atoms with Gasteiger partial charge in [-0.05, 0) is 12.1 Å². The van der Waals surface area contributed by atoms with Gasteiger partial charge in [0.2, 0.25) is 11.7 Å². The van der Waals surface area contributed by atoms with Crippen molar-refractivity contribution in [2.24, 2.45) is 0 Å². The SMILES string of the molecule is COc1cc(NC(C)=O)cc(OC)c1OCc1nc2ccccc2s1. The van der Waals surface area contributed by atoms with Crippen molar-refractivity contribution in [2.45, 2.75) is 13.5 Å². The molecule has 2 aromatic carbocycles. The van der Waals surface area contributed by atoms with Crippen molar-refractivity contribution >= 4 is 33.1 Å². The predicted molar refractivity (Wildman–Crippen MR) is 97.8 cm³/mol. The summed E-state index contributed by atoms with van der Waals surface area (Å²) in [5.41, 5.74) is 1.53. The van der Waals surface area contributed by atoms with E-state index in [4.69, 9.17) is 14.2 Å². The van der Waals surface area contributed by atoms with Crippen LogP contribution in [0.1, 0.15) is 11.9 Å². The fraction of sp³-hybridized carbons (Fsp3) is 0.222. The maximum Gasteiger partial charge on any atom is 0.221 e. The zero-order valence-corrected chi connectivity index (χ0v) is 15.0. The molecule has 0 atom stereocenters. The summed E-state index contributed by atoms with van der Waals surface area (Å²) in [6, 6.07) is 11.3. The summed E-state index contributed by atoms with van der Waals surface area (Å²) in [5.74, 6) is 1.25. The van der Waals surface area contributed by atoms with Crippen LogP contribution in [0.15, 0.2) is 36.4 Å². The van der Waals surface area contributed by atoms with Crippen molar-refractivity contribution in [3.8, 4) is 17.2 Å². The van der Waals surface area contributed by atoms with Crippen LogP contribution in [0.5, 0.6) is 17.2 Å². The van der Waals surface area contributed by atoms with Crippen LogP contribution in [0.2, 0.25) is 0 Å². The van der Waals surface area contributed by atoms with E-state index in [1.807, 2.05) is 24.3 Å². The van der Waals surface area contributed by atoms with Gasteiger partial charge in [0.1, 0.15) is 11.6 Å². The summed E-state index contributed by atoms with van der Waals surface area (Å²) >= 11 is 1.58. The van der Waals surface area contributed by atoms with Crippen LogP contribution in [0, 0.1) is 0 Å². The number of carbonyl (C=O) groups excluding carboxylic acids is 1. The van der Waals surface area contributed by atoms with Gasteiger partial charge in [-0.2, -0.15) is 0 Å². The zero-order valence-electron chi connectivity index (χ0n) is 14.2. The smallest absolute Gasteiger partial charge is 0.221 e. The summed E-state index contributed by atoms with van der Waals surface area (Å²) in [7, 11) is 3.08. The number of hydrogen-bond donors (Lipinski definition) is 1. The third-order valence-electron chi connectivity index (χ3n) is 3.46. The first kappa shape index (κ1) is 17.0. The molecule has 6 nitrogen and oxygen atoms in total. The predicted octanol–water partition coefficient (Wildman–Crippen LogP) is 3.85. The lowest BCUT2D eigenvalue weighted by molar-refractivity contribution is -0.114. The molecule has 0 aliphatic carbocycles. The van der Waals surface area contributed by atoms with E-state index in [9.17, 15) is 4.79 Å². The number of nitrogens with zero attached hydrogens (tertiary/aromatic N) is 1. The molecular formula is C18H18N2O4S. The molecule has 0 bridgehead atoms. The molecule has 0 saturated carbocycles. The van der Waals surface area contributed by atoms with Crippen molar-refractivity contribution in [2.75, 3.05) is 19.5 Å². The number of hydrogen-bond acceptors (Lipinski definition) is 6. The lowest BCUT2D eigenvalue weighted by Gasteiger charge is -2.15. The Balaban J connectivity index is 1.86. The molecule has 7 heteroatoms. The Hall–Kier alpha value is -2.80. The monoisotopic (exact) mass is 358 g/mol. The second-order valence-corrected chi connectivity index (χ2v) is 6.37. The van der Waals surface area contributed by atoms with Crippen molar-refractivity contribution < 1.29 is 19.0 Å². The minimum atomic E-state index is -0.174. The van der Waals surface area contributed by atoms with E-state index in [-0.39, 0.29) is 5.91 Å². The van der Waals surface area contributed by atoms with Gasteiger partial charge in [-0.1, -0.05) is 12.1 Å².